The van der Waals surface area contributed by atoms with Crippen LogP contribution in [0.1, 0.15) is 86.5 Å². The van der Waals surface area contributed by atoms with Gasteiger partial charge in [0.25, 0.3) is 0 Å². The van der Waals surface area contributed by atoms with E-state index in [1.807, 2.05) is 0 Å². The van der Waals surface area contributed by atoms with Crippen molar-refractivity contribution in [2.45, 2.75) is 110 Å². The molecular formula is C25H48BN3O4. The topological polar surface area (TPSA) is 79.9 Å². The first-order chi connectivity index (χ1) is 15.3. The molecule has 1 aliphatic heterocycles. The quantitative estimate of drug-likeness (QED) is 0.360. The monoisotopic (exact) mass is 465 g/mol. The first-order valence-corrected chi connectivity index (χ1v) is 12.9. The van der Waals surface area contributed by atoms with Gasteiger partial charge in [0.15, 0.2) is 0 Å². The molecule has 0 aromatic heterocycles. The van der Waals surface area contributed by atoms with Gasteiger partial charge in [-0.05, 0) is 92.2 Å². The number of hydrogen-bond acceptors (Lipinski definition) is 5. The lowest BCUT2D eigenvalue weighted by atomic mass is 9.64. The van der Waals surface area contributed by atoms with E-state index in [-0.39, 0.29) is 36.1 Å². The fourth-order valence-electron chi connectivity index (χ4n) is 5.25. The molecule has 2 fully saturated rings. The van der Waals surface area contributed by atoms with Gasteiger partial charge in [-0.1, -0.05) is 26.2 Å². The maximum absolute atomic E-state index is 13.6. The summed E-state index contributed by atoms with van der Waals surface area (Å²) in [5, 5.41) is 6.29. The van der Waals surface area contributed by atoms with E-state index in [4.69, 9.17) is 9.31 Å². The van der Waals surface area contributed by atoms with E-state index in [1.54, 1.807) is 0 Å². The van der Waals surface area contributed by atoms with Crippen molar-refractivity contribution in [3.8, 4) is 0 Å². The summed E-state index contributed by atoms with van der Waals surface area (Å²) in [6.45, 7) is 13.5. The Morgan fingerprint density at radius 1 is 1.06 bits per heavy atom. The van der Waals surface area contributed by atoms with Gasteiger partial charge >= 0.3 is 7.12 Å². The molecule has 3 atom stereocenters. The average molecular weight is 465 g/mol. The van der Waals surface area contributed by atoms with Crippen LogP contribution in [0.2, 0.25) is 6.32 Å². The van der Waals surface area contributed by atoms with Crippen molar-refractivity contribution in [1.29, 1.82) is 0 Å². The van der Waals surface area contributed by atoms with Crippen molar-refractivity contribution in [2.75, 3.05) is 27.2 Å². The molecule has 1 saturated carbocycles. The lowest BCUT2D eigenvalue weighted by molar-refractivity contribution is -0.138. The minimum atomic E-state index is -0.853. The average Bonchev–Trinajstić information content (AvgIpc) is 2.91. The molecule has 8 heteroatoms. The molecular weight excluding hydrogens is 417 g/mol. The molecule has 2 unspecified atom stereocenters. The predicted molar refractivity (Wildman–Crippen MR) is 134 cm³/mol. The van der Waals surface area contributed by atoms with E-state index in [9.17, 15) is 9.59 Å². The molecule has 2 aliphatic rings. The number of unbranched alkanes of at least 4 members (excludes halogenated alkanes) is 1. The zero-order valence-corrected chi connectivity index (χ0v) is 22.4. The van der Waals surface area contributed by atoms with Gasteiger partial charge in [0, 0.05) is 13.5 Å². The molecule has 0 aromatic rings. The van der Waals surface area contributed by atoms with E-state index in [0.717, 1.165) is 51.4 Å². The molecule has 0 radical (unpaired) electrons. The summed E-state index contributed by atoms with van der Waals surface area (Å²) in [6, 6.07) is 0. The van der Waals surface area contributed by atoms with E-state index in [1.165, 1.54) is 6.92 Å². The number of amides is 2. The molecule has 2 amide bonds. The van der Waals surface area contributed by atoms with Crippen LogP contribution in [0.4, 0.5) is 0 Å². The predicted octanol–water partition coefficient (Wildman–Crippen LogP) is 3.63. The molecule has 7 nitrogen and oxygen atoms in total. The van der Waals surface area contributed by atoms with Crippen LogP contribution in [0, 0.1) is 11.8 Å². The number of nitrogens with one attached hydrogen (secondary N) is 2. The number of rotatable bonds is 11. The van der Waals surface area contributed by atoms with Crippen molar-refractivity contribution in [3.05, 3.63) is 0 Å². The van der Waals surface area contributed by atoms with Crippen LogP contribution in [0.15, 0.2) is 0 Å². The molecule has 0 aromatic carbocycles. The highest BCUT2D eigenvalue weighted by molar-refractivity contribution is 6.45. The first kappa shape index (κ1) is 28.1. The highest BCUT2D eigenvalue weighted by Crippen LogP contribution is 2.43. The molecule has 0 bridgehead atoms. The normalized spacial score (nSPS) is 28.7. The fourth-order valence-corrected chi connectivity index (χ4v) is 5.25. The lowest BCUT2D eigenvalue weighted by Crippen LogP contribution is -2.65. The van der Waals surface area contributed by atoms with E-state index >= 15 is 0 Å². The van der Waals surface area contributed by atoms with Gasteiger partial charge in [0.05, 0.1) is 11.2 Å². The number of carbonyl (C=O) groups is 2. The summed E-state index contributed by atoms with van der Waals surface area (Å²) in [4.78, 5) is 28.0. The molecule has 190 valence electrons. The Bertz CT molecular complexity index is 654. The number of hydrogen-bond donors (Lipinski definition) is 2. The Balaban J connectivity index is 2.15. The highest BCUT2D eigenvalue weighted by atomic mass is 16.7. The second-order valence-electron chi connectivity index (χ2n) is 11.5. The second-order valence-corrected chi connectivity index (χ2v) is 11.5. The van der Waals surface area contributed by atoms with Crippen molar-refractivity contribution >= 4 is 18.9 Å². The van der Waals surface area contributed by atoms with Gasteiger partial charge in [0.2, 0.25) is 11.8 Å². The zero-order chi connectivity index (χ0) is 24.9. The maximum atomic E-state index is 13.6. The summed E-state index contributed by atoms with van der Waals surface area (Å²) in [5.74, 6) is 0.305. The molecule has 1 aliphatic carbocycles. The standard InChI is InChI=1S/C25H48BN3O4/c1-9-10-16-27-22(31)25(28-19(2)30)18-20(11-12-21(25)14-17-29(7)8)13-15-26-32-23(3,4)24(5,6)33-26/h20-21H,9-18H2,1-8H3,(H,27,31)(H,28,30)/t20-,21?,25?/m0/s1. The summed E-state index contributed by atoms with van der Waals surface area (Å²) < 4.78 is 12.4. The summed E-state index contributed by atoms with van der Waals surface area (Å²) >= 11 is 0. The minimum Gasteiger partial charge on any atom is -0.403 e. The second kappa shape index (κ2) is 11.5. The van der Waals surface area contributed by atoms with Gasteiger partial charge in [0.1, 0.15) is 5.54 Å². The van der Waals surface area contributed by atoms with Gasteiger partial charge in [-0.15, -0.1) is 0 Å². The summed E-state index contributed by atoms with van der Waals surface area (Å²) in [7, 11) is 3.88. The SMILES string of the molecule is CCCCNC(=O)C1(NC(C)=O)C[C@H](CCB2OC(C)(C)C(C)(C)O2)CCC1CCN(C)C. The van der Waals surface area contributed by atoms with Crippen LogP contribution in [-0.4, -0.2) is 67.8 Å². The van der Waals surface area contributed by atoms with Crippen LogP contribution in [0.3, 0.4) is 0 Å². The Hall–Kier alpha value is -1.12. The summed E-state index contributed by atoms with van der Waals surface area (Å²) in [5.41, 5.74) is -1.52. The molecule has 2 N–H and O–H groups in total. The third-order valence-corrected chi connectivity index (χ3v) is 7.89. The largest absolute Gasteiger partial charge is 0.457 e. The first-order valence-electron chi connectivity index (χ1n) is 12.9. The molecule has 2 rings (SSSR count). The van der Waals surface area contributed by atoms with Crippen molar-refractivity contribution in [2.24, 2.45) is 11.8 Å². The Kier molecular flexibility index (Phi) is 9.84. The third-order valence-electron chi connectivity index (χ3n) is 7.89. The lowest BCUT2D eigenvalue weighted by Gasteiger charge is -2.46. The van der Waals surface area contributed by atoms with E-state index in [2.05, 4.69) is 64.2 Å². The van der Waals surface area contributed by atoms with Crippen LogP contribution >= 0.6 is 0 Å². The maximum Gasteiger partial charge on any atom is 0.457 e. The Morgan fingerprint density at radius 3 is 2.24 bits per heavy atom. The van der Waals surface area contributed by atoms with Crippen LogP contribution in [0.5, 0.6) is 0 Å². The van der Waals surface area contributed by atoms with Crippen molar-refractivity contribution in [1.82, 2.24) is 15.5 Å². The van der Waals surface area contributed by atoms with Crippen molar-refractivity contribution in [3.63, 3.8) is 0 Å². The molecule has 1 saturated heterocycles. The van der Waals surface area contributed by atoms with Crippen LogP contribution in [-0.2, 0) is 18.9 Å². The Labute approximate surface area is 202 Å². The minimum absolute atomic E-state index is 0.0183. The molecule has 1 heterocycles. The van der Waals surface area contributed by atoms with Crippen LogP contribution in [0.25, 0.3) is 0 Å². The number of carbonyl (C=O) groups excluding carboxylic acids is 2. The van der Waals surface area contributed by atoms with Gasteiger partial charge in [-0.2, -0.15) is 0 Å². The van der Waals surface area contributed by atoms with Gasteiger partial charge in [-0.3, -0.25) is 9.59 Å². The van der Waals surface area contributed by atoms with E-state index < -0.39 is 5.54 Å². The number of nitrogens with zero attached hydrogens (tertiary/aromatic N) is 1. The van der Waals surface area contributed by atoms with Crippen molar-refractivity contribution < 1.29 is 18.9 Å². The Morgan fingerprint density at radius 2 is 1.70 bits per heavy atom. The molecule has 0 spiro atoms. The van der Waals surface area contributed by atoms with Gasteiger partial charge < -0.3 is 24.8 Å². The molecule has 33 heavy (non-hydrogen) atoms. The van der Waals surface area contributed by atoms with Crippen LogP contribution < -0.4 is 10.6 Å². The van der Waals surface area contributed by atoms with Gasteiger partial charge in [-0.25, -0.2) is 0 Å². The third kappa shape index (κ3) is 7.19. The zero-order valence-electron chi connectivity index (χ0n) is 22.4. The highest BCUT2D eigenvalue weighted by Gasteiger charge is 2.52. The fraction of sp³-hybridized carbons (Fsp3) is 0.920. The van der Waals surface area contributed by atoms with E-state index in [0.29, 0.717) is 18.9 Å². The smallest absolute Gasteiger partial charge is 0.403 e. The summed E-state index contributed by atoms with van der Waals surface area (Å²) in [6.07, 6.45) is 7.23.